The molecule has 1 atom stereocenters. The second-order valence-corrected chi connectivity index (χ2v) is 5.99. The van der Waals surface area contributed by atoms with Crippen molar-refractivity contribution < 1.29 is 14.4 Å². The lowest BCUT2D eigenvalue weighted by atomic mass is 10.0. The first-order chi connectivity index (χ1) is 11.6. The van der Waals surface area contributed by atoms with Gasteiger partial charge < -0.3 is 9.63 Å². The average molecular weight is 328 g/mol. The van der Waals surface area contributed by atoms with Crippen LogP contribution in [0.2, 0.25) is 0 Å². The largest absolute Gasteiger partial charge is 0.480 e. The molecule has 6 heteroatoms. The van der Waals surface area contributed by atoms with E-state index in [1.54, 1.807) is 0 Å². The third-order valence-electron chi connectivity index (χ3n) is 4.23. The zero-order valence-corrected chi connectivity index (χ0v) is 13.3. The molecule has 6 nitrogen and oxygen atoms in total. The number of aromatic amines is 1. The van der Waals surface area contributed by atoms with E-state index in [0.717, 1.165) is 36.9 Å². The smallest absolute Gasteiger partial charge is 0.317 e. The lowest BCUT2D eigenvalue weighted by Crippen LogP contribution is -2.41. The third-order valence-corrected chi connectivity index (χ3v) is 4.23. The fourth-order valence-electron chi connectivity index (χ4n) is 3.01. The van der Waals surface area contributed by atoms with E-state index in [-0.39, 0.29) is 18.1 Å². The highest BCUT2D eigenvalue weighted by Crippen LogP contribution is 2.21. The van der Waals surface area contributed by atoms with Gasteiger partial charge in [-0.25, -0.2) is 0 Å². The summed E-state index contributed by atoms with van der Waals surface area (Å²) < 4.78 is 5.08. The van der Waals surface area contributed by atoms with E-state index >= 15 is 0 Å². The highest BCUT2D eigenvalue weighted by molar-refractivity contribution is 5.69. The molecule has 1 saturated heterocycles. The molecule has 1 aliphatic heterocycles. The number of carboxylic acid groups (broad SMARTS) is 1. The molecular formula is C18H20N2O4. The molecular weight excluding hydrogens is 308 g/mol. The molecule has 2 heterocycles. The molecule has 2 aromatic rings. The molecule has 1 aliphatic rings. The Hall–Kier alpha value is -2.60. The summed E-state index contributed by atoms with van der Waals surface area (Å²) in [7, 11) is 0. The number of nitrogens with one attached hydrogen (secondary N) is 1. The number of benzene rings is 1. The molecule has 0 radical (unpaired) electrons. The maximum atomic E-state index is 11.1. The maximum Gasteiger partial charge on any atom is 0.317 e. The summed E-state index contributed by atoms with van der Waals surface area (Å²) in [6, 6.07) is 9.25. The molecule has 1 aromatic heterocycles. The van der Waals surface area contributed by atoms with Crippen molar-refractivity contribution in [3.8, 4) is 11.3 Å². The first kappa shape index (κ1) is 16.3. The summed E-state index contributed by atoms with van der Waals surface area (Å²) >= 11 is 0. The number of piperidine rings is 1. The van der Waals surface area contributed by atoms with Gasteiger partial charge in [-0.3, -0.25) is 14.5 Å². The van der Waals surface area contributed by atoms with E-state index < -0.39 is 5.97 Å². The molecule has 1 aromatic carbocycles. The molecule has 0 bridgehead atoms. The zero-order valence-electron chi connectivity index (χ0n) is 13.3. The molecule has 0 spiro atoms. The summed E-state index contributed by atoms with van der Waals surface area (Å²) in [6.45, 7) is 0.910. The zero-order chi connectivity index (χ0) is 16.9. The highest BCUT2D eigenvalue weighted by Gasteiger charge is 2.21. The van der Waals surface area contributed by atoms with Gasteiger partial charge in [-0.2, -0.15) is 5.16 Å². The van der Waals surface area contributed by atoms with Crippen LogP contribution in [0.3, 0.4) is 0 Å². The van der Waals surface area contributed by atoms with E-state index in [1.165, 1.54) is 6.07 Å². The van der Waals surface area contributed by atoms with Crippen LogP contribution in [0.15, 0.2) is 45.7 Å². The molecule has 24 heavy (non-hydrogen) atoms. The van der Waals surface area contributed by atoms with Crippen LogP contribution in [0.5, 0.6) is 0 Å². The Bertz CT molecular complexity index is 773. The van der Waals surface area contributed by atoms with Crippen molar-refractivity contribution in [1.29, 1.82) is 0 Å². The molecule has 1 fully saturated rings. The quantitative estimate of drug-likeness (QED) is 0.881. The van der Waals surface area contributed by atoms with Gasteiger partial charge in [0.2, 0.25) is 0 Å². The number of aromatic nitrogens is 1. The van der Waals surface area contributed by atoms with Gasteiger partial charge in [0, 0.05) is 11.6 Å². The Kier molecular flexibility index (Phi) is 4.96. The van der Waals surface area contributed by atoms with Crippen molar-refractivity contribution in [2.45, 2.75) is 25.3 Å². The summed E-state index contributed by atoms with van der Waals surface area (Å²) in [5, 5.41) is 11.3. The minimum atomic E-state index is -0.785. The molecule has 0 saturated carbocycles. The average Bonchev–Trinajstić information content (AvgIpc) is 3.00. The van der Waals surface area contributed by atoms with Crippen LogP contribution in [-0.2, 0) is 4.79 Å². The predicted octanol–water partition coefficient (Wildman–Crippen LogP) is 2.59. The Labute approximate surface area is 139 Å². The molecule has 0 amide bonds. The predicted molar refractivity (Wildman–Crippen MR) is 90.6 cm³/mol. The molecule has 2 N–H and O–H groups in total. The number of aliphatic carboxylic acids is 1. The lowest BCUT2D eigenvalue weighted by molar-refractivity contribution is -0.139. The summed E-state index contributed by atoms with van der Waals surface area (Å²) in [5.74, 6) is -0.275. The van der Waals surface area contributed by atoms with E-state index in [2.05, 4.69) is 11.2 Å². The third kappa shape index (κ3) is 4.02. The summed E-state index contributed by atoms with van der Waals surface area (Å²) in [4.78, 5) is 24.1. The standard InChI is InChI=1S/C18H20N2O4/c21-17-11-16(24-19-17)14-7-4-13(5-8-14)6-9-15-3-1-2-10-20(15)12-18(22)23/h4-9,11,15H,1-3,10,12H2,(H,19,21)(H,22,23). The first-order valence-electron chi connectivity index (χ1n) is 8.05. The Morgan fingerprint density at radius 3 is 2.79 bits per heavy atom. The second kappa shape index (κ2) is 7.31. The highest BCUT2D eigenvalue weighted by atomic mass is 16.5. The van der Waals surface area contributed by atoms with Crippen molar-refractivity contribution in [3.63, 3.8) is 0 Å². The van der Waals surface area contributed by atoms with Crippen molar-refractivity contribution >= 4 is 12.0 Å². The van der Waals surface area contributed by atoms with E-state index in [1.807, 2.05) is 35.2 Å². The van der Waals surface area contributed by atoms with Crippen molar-refractivity contribution in [2.75, 3.05) is 13.1 Å². The van der Waals surface area contributed by atoms with Crippen LogP contribution < -0.4 is 5.56 Å². The van der Waals surface area contributed by atoms with Crippen LogP contribution in [0.25, 0.3) is 17.4 Å². The van der Waals surface area contributed by atoms with Gasteiger partial charge in [-0.15, -0.1) is 0 Å². The van der Waals surface area contributed by atoms with Gasteiger partial charge in [0.05, 0.1) is 12.6 Å². The van der Waals surface area contributed by atoms with Gasteiger partial charge in [0.1, 0.15) is 0 Å². The fraction of sp³-hybridized carbons (Fsp3) is 0.333. The minimum Gasteiger partial charge on any atom is -0.480 e. The maximum absolute atomic E-state index is 11.1. The van der Waals surface area contributed by atoms with E-state index in [9.17, 15) is 9.59 Å². The normalized spacial score (nSPS) is 18.9. The minimum absolute atomic E-state index is 0.0838. The van der Waals surface area contributed by atoms with Gasteiger partial charge >= 0.3 is 5.97 Å². The number of nitrogens with zero attached hydrogens (tertiary/aromatic N) is 1. The fourth-order valence-corrected chi connectivity index (χ4v) is 3.01. The van der Waals surface area contributed by atoms with Crippen molar-refractivity contribution in [1.82, 2.24) is 10.1 Å². The first-order valence-corrected chi connectivity index (χ1v) is 8.05. The van der Waals surface area contributed by atoms with Crippen LogP contribution in [0.4, 0.5) is 0 Å². The van der Waals surface area contributed by atoms with Crippen LogP contribution in [-0.4, -0.2) is 40.3 Å². The Morgan fingerprint density at radius 1 is 1.33 bits per heavy atom. The van der Waals surface area contributed by atoms with Gasteiger partial charge in [0.25, 0.3) is 5.56 Å². The van der Waals surface area contributed by atoms with E-state index in [0.29, 0.717) is 5.76 Å². The van der Waals surface area contributed by atoms with Gasteiger partial charge in [-0.05, 0) is 24.9 Å². The van der Waals surface area contributed by atoms with Crippen molar-refractivity contribution in [3.05, 3.63) is 52.3 Å². The SMILES string of the molecule is O=C(O)CN1CCCCC1C=Cc1ccc(-c2cc(=O)[nH]o2)cc1. The molecule has 0 aliphatic carbocycles. The number of carboxylic acids is 1. The number of hydrogen-bond donors (Lipinski definition) is 2. The topological polar surface area (TPSA) is 86.5 Å². The van der Waals surface area contributed by atoms with Crippen LogP contribution >= 0.6 is 0 Å². The second-order valence-electron chi connectivity index (χ2n) is 5.99. The number of H-pyrrole nitrogens is 1. The Morgan fingerprint density at radius 2 is 2.12 bits per heavy atom. The monoisotopic (exact) mass is 328 g/mol. The number of hydrogen-bond acceptors (Lipinski definition) is 4. The number of likely N-dealkylation sites (tertiary alicyclic amines) is 1. The molecule has 1 unspecified atom stereocenters. The van der Waals surface area contributed by atoms with Crippen LogP contribution in [0, 0.1) is 0 Å². The number of carbonyl (C=O) groups is 1. The summed E-state index contributed by atoms with van der Waals surface area (Å²) in [6.07, 6.45) is 7.25. The lowest BCUT2D eigenvalue weighted by Gasteiger charge is -2.32. The molecule has 126 valence electrons. The van der Waals surface area contributed by atoms with Gasteiger partial charge in [-0.1, -0.05) is 42.8 Å². The molecule has 3 rings (SSSR count). The van der Waals surface area contributed by atoms with Gasteiger partial charge in [0.15, 0.2) is 5.76 Å². The Balaban J connectivity index is 1.69. The van der Waals surface area contributed by atoms with Crippen molar-refractivity contribution in [2.24, 2.45) is 0 Å². The summed E-state index contributed by atoms with van der Waals surface area (Å²) in [5.41, 5.74) is 1.60. The van der Waals surface area contributed by atoms with E-state index in [4.69, 9.17) is 9.63 Å². The number of rotatable bonds is 5. The van der Waals surface area contributed by atoms with Crippen LogP contribution in [0.1, 0.15) is 24.8 Å².